The minimum atomic E-state index is -1.13. The standard InChI is InChI=1S/C29H47N5O3/c1-31-19-23(18-21-10-4-3-5-11-21)27-25(14-9-16-34(27)28(30)35)29(36,15-6-7-17-37-2)24-13-8-12-22-20-32-33-26(22)24/h8,12-13,20-21,23,25,27,31,36H,3-7,9-11,14-19H2,1-2H3,(H2,30,35)(H,32,33)/t23-,25?,27?,29+/m0/s1. The van der Waals surface area contributed by atoms with Gasteiger partial charge in [0.05, 0.1) is 17.3 Å². The molecule has 2 aromatic rings. The number of unbranched alkanes of at least 4 members (excludes halogenated alkanes) is 1. The van der Waals surface area contributed by atoms with Crippen LogP contribution in [0.1, 0.15) is 76.2 Å². The predicted molar refractivity (Wildman–Crippen MR) is 147 cm³/mol. The van der Waals surface area contributed by atoms with E-state index in [-0.39, 0.29) is 23.9 Å². The highest BCUT2D eigenvalue weighted by atomic mass is 16.5. The topological polar surface area (TPSA) is 116 Å². The summed E-state index contributed by atoms with van der Waals surface area (Å²) < 4.78 is 5.31. The molecule has 8 heteroatoms. The van der Waals surface area contributed by atoms with Gasteiger partial charge in [-0.3, -0.25) is 5.10 Å². The summed E-state index contributed by atoms with van der Waals surface area (Å²) in [6.07, 6.45) is 13.2. The van der Waals surface area contributed by atoms with Crippen molar-refractivity contribution in [2.75, 3.05) is 33.9 Å². The summed E-state index contributed by atoms with van der Waals surface area (Å²) in [6, 6.07) is 5.55. The van der Waals surface area contributed by atoms with E-state index in [4.69, 9.17) is 10.5 Å². The van der Waals surface area contributed by atoms with Crippen LogP contribution in [0.3, 0.4) is 0 Å². The number of carbonyl (C=O) groups is 1. The second-order valence-corrected chi connectivity index (χ2v) is 11.3. The summed E-state index contributed by atoms with van der Waals surface area (Å²) in [5, 5.41) is 24.7. The molecule has 1 aliphatic carbocycles. The van der Waals surface area contributed by atoms with E-state index >= 15 is 0 Å². The van der Waals surface area contributed by atoms with E-state index in [9.17, 15) is 9.90 Å². The van der Waals surface area contributed by atoms with Gasteiger partial charge in [0.25, 0.3) is 0 Å². The molecule has 1 aromatic carbocycles. The zero-order valence-corrected chi connectivity index (χ0v) is 22.8. The van der Waals surface area contributed by atoms with Gasteiger partial charge in [0, 0.05) is 43.2 Å². The first kappa shape index (κ1) is 27.9. The summed E-state index contributed by atoms with van der Waals surface area (Å²) in [6.45, 7) is 2.11. The molecule has 4 rings (SSSR count). The number of hydrogen-bond acceptors (Lipinski definition) is 5. The van der Waals surface area contributed by atoms with Gasteiger partial charge >= 0.3 is 6.03 Å². The van der Waals surface area contributed by atoms with E-state index in [0.29, 0.717) is 25.5 Å². The van der Waals surface area contributed by atoms with Gasteiger partial charge in [-0.25, -0.2) is 4.79 Å². The predicted octanol–water partition coefficient (Wildman–Crippen LogP) is 4.53. The van der Waals surface area contributed by atoms with Crippen molar-refractivity contribution in [1.29, 1.82) is 0 Å². The maximum absolute atomic E-state index is 12.9. The third-order valence-electron chi connectivity index (χ3n) is 8.99. The van der Waals surface area contributed by atoms with E-state index in [1.807, 2.05) is 36.3 Å². The minimum Gasteiger partial charge on any atom is -0.385 e. The molecule has 1 saturated heterocycles. The molecule has 2 heterocycles. The Hall–Kier alpha value is -2.16. The second kappa shape index (κ2) is 13.1. The fourth-order valence-electron chi connectivity index (χ4n) is 7.33. The number of para-hydroxylation sites is 1. The van der Waals surface area contributed by atoms with Gasteiger partial charge in [-0.15, -0.1) is 0 Å². The number of primary amides is 1. The Labute approximate surface area is 221 Å². The lowest BCUT2D eigenvalue weighted by molar-refractivity contribution is -0.0927. The maximum atomic E-state index is 12.9. The summed E-state index contributed by atoms with van der Waals surface area (Å²) in [5.74, 6) is 0.750. The molecule has 2 aliphatic rings. The fraction of sp³-hybridized carbons (Fsp3) is 0.724. The lowest BCUT2D eigenvalue weighted by atomic mass is 9.65. The van der Waals surface area contributed by atoms with Gasteiger partial charge in [0.2, 0.25) is 0 Å². The lowest BCUT2D eigenvalue weighted by Gasteiger charge is -2.51. The number of nitrogens with one attached hydrogen (secondary N) is 2. The summed E-state index contributed by atoms with van der Waals surface area (Å²) in [4.78, 5) is 14.7. The van der Waals surface area contributed by atoms with E-state index in [0.717, 1.165) is 55.1 Å². The number of nitrogens with zero attached hydrogens (tertiary/aromatic N) is 2. The molecule has 1 saturated carbocycles. The molecule has 1 aliphatic heterocycles. The quantitative estimate of drug-likeness (QED) is 0.311. The molecule has 0 radical (unpaired) electrons. The number of urea groups is 1. The van der Waals surface area contributed by atoms with Crippen LogP contribution in [0.4, 0.5) is 4.79 Å². The number of ether oxygens (including phenoxy) is 1. The normalized spacial score (nSPS) is 23.7. The highest BCUT2D eigenvalue weighted by molar-refractivity contribution is 5.82. The first-order valence-electron chi connectivity index (χ1n) is 14.3. The van der Waals surface area contributed by atoms with Gasteiger partial charge < -0.3 is 25.8 Å². The van der Waals surface area contributed by atoms with Crippen molar-refractivity contribution in [3.05, 3.63) is 30.0 Å². The largest absolute Gasteiger partial charge is 0.385 e. The summed E-state index contributed by atoms with van der Waals surface area (Å²) in [5.41, 5.74) is 6.66. The van der Waals surface area contributed by atoms with E-state index in [2.05, 4.69) is 15.5 Å². The van der Waals surface area contributed by atoms with Crippen LogP contribution in [0.5, 0.6) is 0 Å². The first-order chi connectivity index (χ1) is 18.0. The van der Waals surface area contributed by atoms with Crippen LogP contribution in [-0.2, 0) is 10.3 Å². The Morgan fingerprint density at radius 3 is 2.81 bits per heavy atom. The summed E-state index contributed by atoms with van der Waals surface area (Å²) in [7, 11) is 3.70. The monoisotopic (exact) mass is 513 g/mol. The zero-order valence-electron chi connectivity index (χ0n) is 22.8. The Kier molecular flexibility index (Phi) is 9.84. The molecule has 5 N–H and O–H groups in total. The molecule has 0 bridgehead atoms. The number of nitrogens with two attached hydrogens (primary N) is 1. The van der Waals surface area contributed by atoms with Crippen LogP contribution >= 0.6 is 0 Å². The van der Waals surface area contributed by atoms with Crippen molar-refractivity contribution in [3.8, 4) is 0 Å². The van der Waals surface area contributed by atoms with Gasteiger partial charge in [0.1, 0.15) is 0 Å². The van der Waals surface area contributed by atoms with Crippen molar-refractivity contribution in [2.24, 2.45) is 23.5 Å². The summed E-state index contributed by atoms with van der Waals surface area (Å²) >= 11 is 0. The molecule has 37 heavy (non-hydrogen) atoms. The Bertz CT molecular complexity index is 991. The number of aromatic amines is 1. The maximum Gasteiger partial charge on any atom is 0.315 e. The number of carbonyl (C=O) groups excluding carboxylic acids is 1. The Morgan fingerprint density at radius 1 is 1.27 bits per heavy atom. The number of fused-ring (bicyclic) bond motifs is 1. The van der Waals surface area contributed by atoms with E-state index in [1.54, 1.807) is 7.11 Å². The lowest BCUT2D eigenvalue weighted by Crippen LogP contribution is -2.60. The van der Waals surface area contributed by atoms with Gasteiger partial charge in [-0.2, -0.15) is 5.10 Å². The SMILES string of the molecule is CNC[C@H](CC1CCCCC1)C1C([C@@](O)(CCCCOC)c2cccc3cn[nH]c23)CCCN1C(N)=O. The molecule has 2 unspecified atom stereocenters. The van der Waals surface area contributed by atoms with Crippen LogP contribution < -0.4 is 11.1 Å². The average Bonchev–Trinajstić information content (AvgIpc) is 3.40. The molecular formula is C29H47N5O3. The van der Waals surface area contributed by atoms with Gasteiger partial charge in [-0.05, 0) is 64.0 Å². The molecular weight excluding hydrogens is 466 g/mol. The third-order valence-corrected chi connectivity index (χ3v) is 8.99. The zero-order chi connectivity index (χ0) is 26.3. The van der Waals surface area contributed by atoms with Crippen LogP contribution in [-0.4, -0.2) is 66.1 Å². The minimum absolute atomic E-state index is 0.132. The molecule has 206 valence electrons. The number of likely N-dealkylation sites (tertiary alicyclic amines) is 1. The number of rotatable bonds is 12. The third kappa shape index (κ3) is 6.29. The van der Waals surface area contributed by atoms with Crippen molar-refractivity contribution >= 4 is 16.9 Å². The number of benzene rings is 1. The Balaban J connectivity index is 1.76. The fourth-order valence-corrected chi connectivity index (χ4v) is 7.33. The second-order valence-electron chi connectivity index (χ2n) is 11.3. The van der Waals surface area contributed by atoms with E-state index < -0.39 is 5.60 Å². The van der Waals surface area contributed by atoms with Crippen LogP contribution in [0.25, 0.3) is 10.9 Å². The number of aliphatic hydroxyl groups is 1. The molecule has 0 spiro atoms. The molecule has 2 fully saturated rings. The molecule has 4 atom stereocenters. The highest BCUT2D eigenvalue weighted by Gasteiger charge is 2.50. The number of piperidine rings is 1. The van der Waals surface area contributed by atoms with Crippen molar-refractivity contribution in [2.45, 2.75) is 82.3 Å². The van der Waals surface area contributed by atoms with Crippen LogP contribution in [0.2, 0.25) is 0 Å². The van der Waals surface area contributed by atoms with Crippen molar-refractivity contribution in [3.63, 3.8) is 0 Å². The van der Waals surface area contributed by atoms with Gasteiger partial charge in [-0.1, -0.05) is 50.3 Å². The first-order valence-corrected chi connectivity index (χ1v) is 14.3. The smallest absolute Gasteiger partial charge is 0.315 e. The van der Waals surface area contributed by atoms with Crippen molar-refractivity contribution in [1.82, 2.24) is 20.4 Å². The highest BCUT2D eigenvalue weighted by Crippen LogP contribution is 2.47. The number of methoxy groups -OCH3 is 1. The van der Waals surface area contributed by atoms with Crippen LogP contribution in [0.15, 0.2) is 24.4 Å². The molecule has 8 nitrogen and oxygen atoms in total. The number of aromatic nitrogens is 2. The number of H-pyrrole nitrogens is 1. The van der Waals surface area contributed by atoms with Crippen LogP contribution in [0, 0.1) is 17.8 Å². The van der Waals surface area contributed by atoms with Crippen molar-refractivity contribution < 1.29 is 14.6 Å². The number of hydrogen-bond donors (Lipinski definition) is 4. The number of amides is 2. The van der Waals surface area contributed by atoms with E-state index in [1.165, 1.54) is 32.1 Å². The Morgan fingerprint density at radius 2 is 2.08 bits per heavy atom. The average molecular weight is 514 g/mol. The molecule has 1 aromatic heterocycles. The van der Waals surface area contributed by atoms with Gasteiger partial charge in [0.15, 0.2) is 0 Å². The molecule has 2 amide bonds.